The average Bonchev–Trinajstić information content (AvgIpc) is 3.27. The Labute approximate surface area is 212 Å². The number of urea groups is 1. The first-order valence-electron chi connectivity index (χ1n) is 11.7. The Hall–Kier alpha value is -5.18. The highest BCUT2D eigenvalue weighted by Gasteiger charge is 2.17. The molecule has 5 rings (SSSR count). The van der Waals surface area contributed by atoms with Crippen molar-refractivity contribution in [3.63, 3.8) is 0 Å². The molecular formula is C28H24N6O3. The summed E-state index contributed by atoms with van der Waals surface area (Å²) in [6.07, 6.45) is 0.397. The van der Waals surface area contributed by atoms with Crippen LogP contribution < -0.4 is 16.4 Å². The maximum Gasteiger partial charge on any atom is 0.356 e. The molecule has 184 valence electrons. The number of aromatic nitrogens is 3. The van der Waals surface area contributed by atoms with Crippen LogP contribution in [0.4, 0.5) is 22.0 Å². The third-order valence-corrected chi connectivity index (χ3v) is 5.80. The Bertz CT molecular complexity index is 1550. The van der Waals surface area contributed by atoms with Crippen molar-refractivity contribution in [1.82, 2.24) is 15.2 Å². The van der Waals surface area contributed by atoms with Crippen molar-refractivity contribution in [2.24, 2.45) is 0 Å². The number of nitrogens with two attached hydrogens (primary N) is 1. The van der Waals surface area contributed by atoms with Crippen LogP contribution in [0.3, 0.4) is 0 Å². The molecule has 0 unspecified atom stereocenters. The summed E-state index contributed by atoms with van der Waals surface area (Å²) < 4.78 is 5.45. The van der Waals surface area contributed by atoms with Gasteiger partial charge < -0.3 is 20.8 Å². The fourth-order valence-electron chi connectivity index (χ4n) is 3.94. The molecule has 0 bridgehead atoms. The van der Waals surface area contributed by atoms with Crippen LogP contribution in [0.15, 0.2) is 91.0 Å². The van der Waals surface area contributed by atoms with E-state index in [2.05, 4.69) is 25.8 Å². The normalized spacial score (nSPS) is 10.7. The number of nitrogens with zero attached hydrogens (tertiary/aromatic N) is 2. The van der Waals surface area contributed by atoms with Crippen molar-refractivity contribution < 1.29 is 14.3 Å². The fraction of sp³-hybridized carbons (Fsp3) is 0.0714. The highest BCUT2D eigenvalue weighted by atomic mass is 16.5. The van der Waals surface area contributed by atoms with Gasteiger partial charge in [-0.3, -0.25) is 5.32 Å². The number of hydrogen-bond acceptors (Lipinski definition) is 6. The van der Waals surface area contributed by atoms with Crippen LogP contribution in [0, 0.1) is 0 Å². The number of anilines is 3. The largest absolute Gasteiger partial charge is 0.461 e. The molecule has 2 amide bonds. The van der Waals surface area contributed by atoms with E-state index in [0.717, 1.165) is 22.0 Å². The SMILES string of the molecule is Nc1c(C(=O)OCCc2ccccc2NC(=O)Nc2ccc(-c3ccccc3)nn2)[nH]c2ccccc12. The zero-order chi connectivity index (χ0) is 25.6. The topological polar surface area (TPSA) is 135 Å². The van der Waals surface area contributed by atoms with E-state index >= 15 is 0 Å². The molecule has 9 nitrogen and oxygen atoms in total. The van der Waals surface area contributed by atoms with E-state index in [4.69, 9.17) is 10.5 Å². The lowest BCUT2D eigenvalue weighted by molar-refractivity contribution is 0.0505. The van der Waals surface area contributed by atoms with E-state index in [1.165, 1.54) is 0 Å². The zero-order valence-electron chi connectivity index (χ0n) is 19.8. The summed E-state index contributed by atoms with van der Waals surface area (Å²) in [7, 11) is 0. The molecule has 5 N–H and O–H groups in total. The number of fused-ring (bicyclic) bond motifs is 1. The van der Waals surface area contributed by atoms with Crippen molar-refractivity contribution in [3.05, 3.63) is 102 Å². The highest BCUT2D eigenvalue weighted by Crippen LogP contribution is 2.25. The van der Waals surface area contributed by atoms with Crippen molar-refractivity contribution >= 4 is 40.1 Å². The Morgan fingerprint density at radius 1 is 0.838 bits per heavy atom. The van der Waals surface area contributed by atoms with Crippen molar-refractivity contribution in [3.8, 4) is 11.3 Å². The molecule has 0 radical (unpaired) electrons. The maximum atomic E-state index is 12.6. The van der Waals surface area contributed by atoms with Gasteiger partial charge in [0.25, 0.3) is 0 Å². The van der Waals surface area contributed by atoms with Gasteiger partial charge in [-0.05, 0) is 29.8 Å². The molecule has 0 aliphatic heterocycles. The second-order valence-corrected chi connectivity index (χ2v) is 8.25. The number of carbonyl (C=O) groups is 2. The van der Waals surface area contributed by atoms with Gasteiger partial charge in [-0.1, -0.05) is 66.7 Å². The molecule has 3 aromatic carbocycles. The Kier molecular flexibility index (Phi) is 6.76. The van der Waals surface area contributed by atoms with Crippen LogP contribution in [-0.2, 0) is 11.2 Å². The Morgan fingerprint density at radius 3 is 2.38 bits per heavy atom. The minimum absolute atomic E-state index is 0.111. The number of H-pyrrole nitrogens is 1. The molecular weight excluding hydrogens is 468 g/mol. The van der Waals surface area contributed by atoms with Gasteiger partial charge in [-0.2, -0.15) is 0 Å². The van der Waals surface area contributed by atoms with Gasteiger partial charge in [-0.15, -0.1) is 10.2 Å². The second kappa shape index (κ2) is 10.6. The molecule has 37 heavy (non-hydrogen) atoms. The molecule has 0 saturated heterocycles. The van der Waals surface area contributed by atoms with Gasteiger partial charge in [-0.25, -0.2) is 9.59 Å². The van der Waals surface area contributed by atoms with E-state index in [-0.39, 0.29) is 12.3 Å². The molecule has 0 aliphatic carbocycles. The summed E-state index contributed by atoms with van der Waals surface area (Å²) in [4.78, 5) is 28.2. The van der Waals surface area contributed by atoms with E-state index in [9.17, 15) is 9.59 Å². The standard InChI is InChI=1S/C28H24N6O3/c29-25-20-11-5-7-13-23(20)30-26(25)27(35)37-17-16-19-10-4-6-12-21(19)31-28(36)32-24-15-14-22(33-34-24)18-8-2-1-3-9-18/h1-15,30H,16-17,29H2,(H2,31,32,34,36). The number of benzene rings is 3. The van der Waals surface area contributed by atoms with Gasteiger partial charge >= 0.3 is 12.0 Å². The summed E-state index contributed by atoms with van der Waals surface area (Å²) in [5.74, 6) is -0.214. The van der Waals surface area contributed by atoms with Gasteiger partial charge in [0.1, 0.15) is 5.69 Å². The first-order chi connectivity index (χ1) is 18.1. The van der Waals surface area contributed by atoms with E-state index < -0.39 is 12.0 Å². The lowest BCUT2D eigenvalue weighted by Gasteiger charge is -2.12. The zero-order valence-corrected chi connectivity index (χ0v) is 19.8. The van der Waals surface area contributed by atoms with Crippen molar-refractivity contribution in [1.29, 1.82) is 0 Å². The Balaban J connectivity index is 1.18. The lowest BCUT2D eigenvalue weighted by Crippen LogP contribution is -2.21. The summed E-state index contributed by atoms with van der Waals surface area (Å²) >= 11 is 0. The molecule has 0 saturated carbocycles. The predicted octanol–water partition coefficient (Wildman–Crippen LogP) is 5.25. The number of ether oxygens (including phenoxy) is 1. The number of carbonyl (C=O) groups excluding carboxylic acids is 2. The molecule has 9 heteroatoms. The molecule has 2 aromatic heterocycles. The lowest BCUT2D eigenvalue weighted by atomic mass is 10.1. The fourth-order valence-corrected chi connectivity index (χ4v) is 3.94. The highest BCUT2D eigenvalue weighted by molar-refractivity contribution is 6.05. The van der Waals surface area contributed by atoms with Crippen LogP contribution in [0.5, 0.6) is 0 Å². The number of para-hydroxylation sites is 2. The number of hydrogen-bond donors (Lipinski definition) is 4. The molecule has 0 spiro atoms. The first kappa shape index (κ1) is 23.6. The smallest absolute Gasteiger partial charge is 0.356 e. The maximum absolute atomic E-state index is 12.6. The number of nitrogen functional groups attached to an aromatic ring is 1. The van der Waals surface area contributed by atoms with Crippen molar-refractivity contribution in [2.45, 2.75) is 6.42 Å². The van der Waals surface area contributed by atoms with Crippen LogP contribution in [0.1, 0.15) is 16.1 Å². The third kappa shape index (κ3) is 5.40. The quantitative estimate of drug-likeness (QED) is 0.229. The van der Waals surface area contributed by atoms with Crippen LogP contribution in [-0.4, -0.2) is 33.8 Å². The van der Waals surface area contributed by atoms with Gasteiger partial charge in [0.15, 0.2) is 5.82 Å². The van der Waals surface area contributed by atoms with Gasteiger partial charge in [0, 0.05) is 28.6 Å². The third-order valence-electron chi connectivity index (χ3n) is 5.80. The molecule has 0 fully saturated rings. The van der Waals surface area contributed by atoms with Crippen LogP contribution in [0.2, 0.25) is 0 Å². The van der Waals surface area contributed by atoms with E-state index in [0.29, 0.717) is 29.3 Å². The molecule has 2 heterocycles. The number of nitrogens with one attached hydrogen (secondary N) is 3. The van der Waals surface area contributed by atoms with Gasteiger partial charge in [0.05, 0.1) is 18.0 Å². The summed E-state index contributed by atoms with van der Waals surface area (Å²) in [6.45, 7) is 0.111. The summed E-state index contributed by atoms with van der Waals surface area (Å²) in [5, 5.41) is 14.5. The molecule has 0 atom stereocenters. The van der Waals surface area contributed by atoms with Crippen LogP contribution >= 0.6 is 0 Å². The molecule has 5 aromatic rings. The average molecular weight is 493 g/mol. The first-order valence-corrected chi connectivity index (χ1v) is 11.7. The van der Waals surface area contributed by atoms with E-state index in [1.54, 1.807) is 18.2 Å². The second-order valence-electron chi connectivity index (χ2n) is 8.25. The number of esters is 1. The van der Waals surface area contributed by atoms with E-state index in [1.807, 2.05) is 72.8 Å². The summed E-state index contributed by atoms with van der Waals surface area (Å²) in [5.41, 5.74) is 10.5. The van der Waals surface area contributed by atoms with Crippen LogP contribution in [0.25, 0.3) is 22.2 Å². The number of aromatic amines is 1. The number of rotatable bonds is 7. The summed E-state index contributed by atoms with van der Waals surface area (Å²) in [6, 6.07) is 27.4. The minimum Gasteiger partial charge on any atom is -0.461 e. The minimum atomic E-state index is -0.533. The monoisotopic (exact) mass is 492 g/mol. The number of amides is 2. The van der Waals surface area contributed by atoms with Crippen molar-refractivity contribution in [2.75, 3.05) is 23.0 Å². The van der Waals surface area contributed by atoms with Gasteiger partial charge in [0.2, 0.25) is 0 Å². The predicted molar refractivity (Wildman–Crippen MR) is 143 cm³/mol. The molecule has 0 aliphatic rings. The Morgan fingerprint density at radius 2 is 1.59 bits per heavy atom.